The second-order valence-corrected chi connectivity index (χ2v) is 4.19. The number of para-hydroxylation sites is 1. The number of benzene rings is 1. The van der Waals surface area contributed by atoms with E-state index in [1.54, 1.807) is 6.92 Å². The van der Waals surface area contributed by atoms with Crippen LogP contribution in [0.4, 0.5) is 0 Å². The van der Waals surface area contributed by atoms with E-state index in [1.807, 2.05) is 50.3 Å². The molecular weight excluding hydrogens is 240 g/mol. The van der Waals surface area contributed by atoms with Crippen molar-refractivity contribution in [2.24, 2.45) is 0 Å². The molecule has 0 fully saturated rings. The quantitative estimate of drug-likeness (QED) is 0.700. The summed E-state index contributed by atoms with van der Waals surface area (Å²) in [6.07, 6.45) is 4.90. The molecule has 1 rings (SSSR count). The summed E-state index contributed by atoms with van der Waals surface area (Å²) in [5.41, 5.74) is 0.968. The molecule has 0 spiro atoms. The molecule has 1 unspecified atom stereocenters. The lowest BCUT2D eigenvalue weighted by atomic mass is 10.1. The molecule has 0 saturated carbocycles. The predicted molar refractivity (Wildman–Crippen MR) is 77.1 cm³/mol. The largest absolute Gasteiger partial charge is 0.478 e. The van der Waals surface area contributed by atoms with Gasteiger partial charge in [-0.1, -0.05) is 43.7 Å². The van der Waals surface area contributed by atoms with E-state index < -0.39 is 6.10 Å². The van der Waals surface area contributed by atoms with E-state index in [4.69, 9.17) is 9.47 Å². The Morgan fingerprint density at radius 1 is 1.32 bits per heavy atom. The maximum Gasteiger partial charge on any atom is 0.347 e. The van der Waals surface area contributed by atoms with Crippen molar-refractivity contribution in [3.05, 3.63) is 35.9 Å². The van der Waals surface area contributed by atoms with Crippen LogP contribution in [0.25, 0.3) is 6.08 Å². The van der Waals surface area contributed by atoms with Gasteiger partial charge >= 0.3 is 5.97 Å². The number of hydrogen-bond donors (Lipinski definition) is 0. The van der Waals surface area contributed by atoms with Gasteiger partial charge in [0.05, 0.1) is 6.61 Å². The highest BCUT2D eigenvalue weighted by molar-refractivity contribution is 5.75. The molecule has 0 amide bonds. The van der Waals surface area contributed by atoms with Gasteiger partial charge in [-0.2, -0.15) is 0 Å². The zero-order valence-electron chi connectivity index (χ0n) is 11.9. The van der Waals surface area contributed by atoms with Gasteiger partial charge < -0.3 is 9.47 Å². The number of esters is 1. The summed E-state index contributed by atoms with van der Waals surface area (Å²) < 4.78 is 10.9. The average molecular weight is 262 g/mol. The Morgan fingerprint density at radius 2 is 2.05 bits per heavy atom. The molecule has 3 nitrogen and oxygen atoms in total. The Kier molecular flexibility index (Phi) is 6.72. The number of allylic oxidation sites excluding steroid dienone is 1. The van der Waals surface area contributed by atoms with Crippen LogP contribution in [0.15, 0.2) is 30.3 Å². The molecule has 0 radical (unpaired) electrons. The first-order chi connectivity index (χ1) is 9.22. The van der Waals surface area contributed by atoms with Crippen LogP contribution in [-0.2, 0) is 9.53 Å². The van der Waals surface area contributed by atoms with Crippen molar-refractivity contribution in [1.82, 2.24) is 0 Å². The summed E-state index contributed by atoms with van der Waals surface area (Å²) in [6, 6.07) is 7.68. The van der Waals surface area contributed by atoms with Crippen LogP contribution >= 0.6 is 0 Å². The Hall–Kier alpha value is -1.77. The number of ether oxygens (including phenoxy) is 2. The van der Waals surface area contributed by atoms with Gasteiger partial charge in [0.15, 0.2) is 6.10 Å². The zero-order valence-corrected chi connectivity index (χ0v) is 11.9. The summed E-state index contributed by atoms with van der Waals surface area (Å²) >= 11 is 0. The Morgan fingerprint density at radius 3 is 2.68 bits per heavy atom. The van der Waals surface area contributed by atoms with E-state index in [1.165, 1.54) is 0 Å². The molecule has 1 aromatic rings. The summed E-state index contributed by atoms with van der Waals surface area (Å²) in [7, 11) is 0. The van der Waals surface area contributed by atoms with Crippen molar-refractivity contribution in [2.75, 3.05) is 6.61 Å². The van der Waals surface area contributed by atoms with Crippen molar-refractivity contribution < 1.29 is 14.3 Å². The van der Waals surface area contributed by atoms with Crippen LogP contribution in [0.1, 0.15) is 39.2 Å². The molecule has 104 valence electrons. The van der Waals surface area contributed by atoms with Gasteiger partial charge in [0.1, 0.15) is 5.75 Å². The summed E-state index contributed by atoms with van der Waals surface area (Å²) in [4.78, 5) is 11.8. The standard InChI is InChI=1S/C16H22O3/c1-4-9-13-11-7-8-12-14(13)19-15(10-5-2)16(17)18-6-3/h4,7-9,11-12,15H,5-6,10H2,1-3H3/b9-4+. The van der Waals surface area contributed by atoms with Crippen molar-refractivity contribution in [3.8, 4) is 5.75 Å². The molecule has 0 bridgehead atoms. The van der Waals surface area contributed by atoms with Crippen molar-refractivity contribution in [3.63, 3.8) is 0 Å². The third kappa shape index (κ3) is 4.78. The van der Waals surface area contributed by atoms with Crippen molar-refractivity contribution in [2.45, 2.75) is 39.7 Å². The highest BCUT2D eigenvalue weighted by Crippen LogP contribution is 2.22. The van der Waals surface area contributed by atoms with Crippen LogP contribution in [0.3, 0.4) is 0 Å². The number of carbonyl (C=O) groups is 1. The third-order valence-corrected chi connectivity index (χ3v) is 2.63. The number of hydrogen-bond acceptors (Lipinski definition) is 3. The first kappa shape index (κ1) is 15.3. The van der Waals surface area contributed by atoms with E-state index in [0.717, 1.165) is 12.0 Å². The lowest BCUT2D eigenvalue weighted by Crippen LogP contribution is -2.29. The van der Waals surface area contributed by atoms with E-state index >= 15 is 0 Å². The Balaban J connectivity index is 2.86. The van der Waals surface area contributed by atoms with E-state index in [2.05, 4.69) is 0 Å². The van der Waals surface area contributed by atoms with Gasteiger partial charge in [-0.15, -0.1) is 0 Å². The second-order valence-electron chi connectivity index (χ2n) is 4.19. The topological polar surface area (TPSA) is 35.5 Å². The molecule has 1 atom stereocenters. The van der Waals surface area contributed by atoms with Crippen LogP contribution in [-0.4, -0.2) is 18.7 Å². The molecule has 0 saturated heterocycles. The van der Waals surface area contributed by atoms with Crippen LogP contribution in [0, 0.1) is 0 Å². The smallest absolute Gasteiger partial charge is 0.347 e. The maximum atomic E-state index is 11.8. The molecule has 0 aliphatic heterocycles. The fourth-order valence-electron chi connectivity index (χ4n) is 1.78. The Bertz CT molecular complexity index is 424. The van der Waals surface area contributed by atoms with Crippen LogP contribution in [0.5, 0.6) is 5.75 Å². The zero-order chi connectivity index (χ0) is 14.1. The van der Waals surface area contributed by atoms with Gasteiger partial charge in [-0.3, -0.25) is 0 Å². The third-order valence-electron chi connectivity index (χ3n) is 2.63. The van der Waals surface area contributed by atoms with Crippen molar-refractivity contribution in [1.29, 1.82) is 0 Å². The lowest BCUT2D eigenvalue weighted by molar-refractivity contribution is -0.151. The van der Waals surface area contributed by atoms with Gasteiger partial charge in [-0.25, -0.2) is 4.79 Å². The maximum absolute atomic E-state index is 11.8. The van der Waals surface area contributed by atoms with Crippen LogP contribution < -0.4 is 4.74 Å². The molecule has 19 heavy (non-hydrogen) atoms. The number of carbonyl (C=O) groups excluding carboxylic acids is 1. The Labute approximate surface area is 115 Å². The molecular formula is C16H22O3. The van der Waals surface area contributed by atoms with Gasteiger partial charge in [0.2, 0.25) is 0 Å². The monoisotopic (exact) mass is 262 g/mol. The second kappa shape index (κ2) is 8.35. The van der Waals surface area contributed by atoms with E-state index in [-0.39, 0.29) is 5.97 Å². The fraction of sp³-hybridized carbons (Fsp3) is 0.438. The van der Waals surface area contributed by atoms with Gasteiger partial charge in [-0.05, 0) is 26.3 Å². The molecule has 0 aromatic heterocycles. The summed E-state index contributed by atoms with van der Waals surface area (Å²) in [5, 5.41) is 0. The average Bonchev–Trinajstić information content (AvgIpc) is 2.41. The minimum absolute atomic E-state index is 0.292. The predicted octanol–water partition coefficient (Wildman–Crippen LogP) is 3.83. The van der Waals surface area contributed by atoms with Gasteiger partial charge in [0.25, 0.3) is 0 Å². The highest BCUT2D eigenvalue weighted by atomic mass is 16.6. The minimum Gasteiger partial charge on any atom is -0.478 e. The van der Waals surface area contributed by atoms with Gasteiger partial charge in [0, 0.05) is 5.56 Å². The summed E-state index contributed by atoms with van der Waals surface area (Å²) in [5.74, 6) is 0.423. The molecule has 3 heteroatoms. The normalized spacial score (nSPS) is 12.4. The summed E-state index contributed by atoms with van der Waals surface area (Å²) in [6.45, 7) is 6.15. The first-order valence-electron chi connectivity index (χ1n) is 6.77. The highest BCUT2D eigenvalue weighted by Gasteiger charge is 2.21. The number of rotatable bonds is 7. The molecule has 0 heterocycles. The van der Waals surface area contributed by atoms with Crippen LogP contribution in [0.2, 0.25) is 0 Å². The molecule has 0 aliphatic rings. The minimum atomic E-state index is -0.531. The SMILES string of the molecule is C/C=C/c1ccccc1OC(CCC)C(=O)OCC. The van der Waals surface area contributed by atoms with E-state index in [9.17, 15) is 4.79 Å². The van der Waals surface area contributed by atoms with Crippen molar-refractivity contribution >= 4 is 12.0 Å². The van der Waals surface area contributed by atoms with E-state index in [0.29, 0.717) is 18.8 Å². The lowest BCUT2D eigenvalue weighted by Gasteiger charge is -2.18. The fourth-order valence-corrected chi connectivity index (χ4v) is 1.78. The molecule has 0 aliphatic carbocycles. The molecule has 0 N–H and O–H groups in total. The molecule has 1 aromatic carbocycles. The first-order valence-corrected chi connectivity index (χ1v) is 6.77.